The SMILES string of the molecule is CCC(C)CCCCCCCCCCCCCCCCC(=O)O[C@H](COC(=O)CCCCCCCCCCCCCCCCCC(C)C)COP(=O)(O)OC[C@@H](O)COP(=O)(O)OC[C@@H](COC(=O)CCCCCCCCC(C)CC)OC(=O)CCCCCCCCCCCC(C)C. The van der Waals surface area contributed by atoms with Crippen LogP contribution in [0.1, 0.15) is 402 Å². The average Bonchev–Trinajstić information content (AvgIpc) is 0.923. The molecular weight excluding hydrogens is 1280 g/mol. The van der Waals surface area contributed by atoms with E-state index in [1.807, 2.05) is 0 Å². The van der Waals surface area contributed by atoms with Crippen LogP contribution >= 0.6 is 15.6 Å². The summed E-state index contributed by atoms with van der Waals surface area (Å²) in [7, 11) is -9.92. The summed E-state index contributed by atoms with van der Waals surface area (Å²) in [5.41, 5.74) is 0. The summed E-state index contributed by atoms with van der Waals surface area (Å²) in [6, 6.07) is 0. The first-order valence-electron chi connectivity index (χ1n) is 40.8. The van der Waals surface area contributed by atoms with E-state index in [1.54, 1.807) is 0 Å². The van der Waals surface area contributed by atoms with E-state index in [4.69, 9.17) is 37.0 Å². The lowest BCUT2D eigenvalue weighted by Crippen LogP contribution is -2.30. The Kier molecular flexibility index (Phi) is 66.8. The van der Waals surface area contributed by atoms with Gasteiger partial charge in [-0.05, 0) is 49.4 Å². The van der Waals surface area contributed by atoms with Gasteiger partial charge < -0.3 is 33.8 Å². The van der Waals surface area contributed by atoms with E-state index in [9.17, 15) is 43.2 Å². The number of phosphoric ester groups is 2. The molecular formula is C79H154O17P2. The van der Waals surface area contributed by atoms with Crippen LogP contribution < -0.4 is 0 Å². The highest BCUT2D eigenvalue weighted by molar-refractivity contribution is 7.47. The third kappa shape index (κ3) is 69.8. The van der Waals surface area contributed by atoms with Crippen LogP contribution in [0.5, 0.6) is 0 Å². The summed E-state index contributed by atoms with van der Waals surface area (Å²) < 4.78 is 68.6. The van der Waals surface area contributed by atoms with Crippen molar-refractivity contribution in [1.29, 1.82) is 0 Å². The third-order valence-electron chi connectivity index (χ3n) is 19.0. The van der Waals surface area contributed by atoms with Gasteiger partial charge in [0, 0.05) is 25.7 Å². The molecule has 0 rings (SSSR count). The van der Waals surface area contributed by atoms with Crippen LogP contribution in [0, 0.1) is 23.7 Å². The largest absolute Gasteiger partial charge is 0.472 e. The van der Waals surface area contributed by atoms with Gasteiger partial charge >= 0.3 is 39.5 Å². The minimum absolute atomic E-state index is 0.104. The Morgan fingerprint density at radius 2 is 0.490 bits per heavy atom. The van der Waals surface area contributed by atoms with E-state index in [-0.39, 0.29) is 25.7 Å². The maximum atomic E-state index is 13.1. The van der Waals surface area contributed by atoms with E-state index in [2.05, 4.69) is 55.4 Å². The second-order valence-electron chi connectivity index (χ2n) is 29.9. The molecule has 7 atom stereocenters. The molecule has 98 heavy (non-hydrogen) atoms. The molecule has 582 valence electrons. The van der Waals surface area contributed by atoms with Crippen molar-refractivity contribution >= 4 is 39.5 Å². The molecule has 19 heteroatoms. The monoisotopic (exact) mass is 1440 g/mol. The summed E-state index contributed by atoms with van der Waals surface area (Å²) in [5.74, 6) is 1.00. The first-order chi connectivity index (χ1) is 47.2. The van der Waals surface area contributed by atoms with E-state index < -0.39 is 97.5 Å². The fourth-order valence-corrected chi connectivity index (χ4v) is 13.6. The van der Waals surface area contributed by atoms with Crippen LogP contribution in [0.4, 0.5) is 0 Å². The molecule has 0 fully saturated rings. The highest BCUT2D eigenvalue weighted by Crippen LogP contribution is 2.45. The van der Waals surface area contributed by atoms with Gasteiger partial charge in [0.1, 0.15) is 19.3 Å². The molecule has 0 saturated carbocycles. The van der Waals surface area contributed by atoms with E-state index in [0.717, 1.165) is 120 Å². The highest BCUT2D eigenvalue weighted by atomic mass is 31.2. The molecule has 0 aromatic rings. The predicted octanol–water partition coefficient (Wildman–Crippen LogP) is 23.2. The minimum atomic E-state index is -4.96. The first-order valence-corrected chi connectivity index (χ1v) is 43.8. The lowest BCUT2D eigenvalue weighted by molar-refractivity contribution is -0.161. The van der Waals surface area contributed by atoms with Crippen LogP contribution in [0.25, 0.3) is 0 Å². The van der Waals surface area contributed by atoms with Gasteiger partial charge in [-0.25, -0.2) is 9.13 Å². The van der Waals surface area contributed by atoms with Crippen molar-refractivity contribution in [2.75, 3.05) is 39.6 Å². The number of phosphoric acid groups is 2. The standard InChI is InChI=1S/C79H154O17P2/c1-9-71(7)57-49-41-33-27-21-17-14-15-19-23-29-35-45-53-61-78(83)95-74(65-89-76(81)59-51-43-34-28-22-18-13-11-12-16-20-25-31-39-47-55-69(3)4)67-93-97(85,86)91-63-73(80)64-92-98(87,88)94-68-75(66-90-77(82)60-52-44-38-37-42-50-58-72(8)10-2)96-79(84)62-54-46-36-30-24-26-32-40-48-56-70(5)6/h69-75,80H,9-68H2,1-8H3,(H,85,86)(H,87,88)/t71?,72?,73-,74-,75-/m1/s1. The average molecular weight is 1440 g/mol. The second-order valence-corrected chi connectivity index (χ2v) is 32.8. The number of hydrogen-bond donors (Lipinski definition) is 3. The molecule has 0 spiro atoms. The van der Waals surface area contributed by atoms with Gasteiger partial charge in [0.2, 0.25) is 0 Å². The van der Waals surface area contributed by atoms with Gasteiger partial charge in [-0.1, -0.05) is 351 Å². The minimum Gasteiger partial charge on any atom is -0.462 e. The molecule has 0 aliphatic rings. The summed E-state index contributed by atoms with van der Waals surface area (Å²) in [6.07, 6.45) is 54.1. The Labute approximate surface area is 600 Å². The Balaban J connectivity index is 5.24. The summed E-state index contributed by atoms with van der Waals surface area (Å²) in [6.45, 7) is 14.2. The van der Waals surface area contributed by atoms with Gasteiger partial charge in [-0.15, -0.1) is 0 Å². The maximum Gasteiger partial charge on any atom is 0.472 e. The number of ether oxygens (including phenoxy) is 4. The molecule has 3 N–H and O–H groups in total. The lowest BCUT2D eigenvalue weighted by Gasteiger charge is -2.21. The summed E-state index contributed by atoms with van der Waals surface area (Å²) >= 11 is 0. The Hall–Kier alpha value is -1.94. The Morgan fingerprint density at radius 3 is 0.724 bits per heavy atom. The molecule has 0 amide bonds. The van der Waals surface area contributed by atoms with Crippen molar-refractivity contribution in [2.24, 2.45) is 23.7 Å². The molecule has 0 radical (unpaired) electrons. The van der Waals surface area contributed by atoms with Crippen molar-refractivity contribution < 1.29 is 80.2 Å². The summed E-state index contributed by atoms with van der Waals surface area (Å²) in [4.78, 5) is 72.9. The van der Waals surface area contributed by atoms with Crippen molar-refractivity contribution in [3.63, 3.8) is 0 Å². The first kappa shape index (κ1) is 96.1. The quantitative estimate of drug-likeness (QED) is 0.0222. The third-order valence-corrected chi connectivity index (χ3v) is 20.9. The number of aliphatic hydroxyl groups is 1. The molecule has 0 aromatic heterocycles. The van der Waals surface area contributed by atoms with Gasteiger partial charge in [0.15, 0.2) is 12.2 Å². The van der Waals surface area contributed by atoms with E-state index in [1.165, 1.54) is 199 Å². The number of aliphatic hydroxyl groups excluding tert-OH is 1. The Morgan fingerprint density at radius 1 is 0.286 bits per heavy atom. The molecule has 0 saturated heterocycles. The number of carbonyl (C=O) groups excluding carboxylic acids is 4. The van der Waals surface area contributed by atoms with Gasteiger partial charge in [0.25, 0.3) is 0 Å². The lowest BCUT2D eigenvalue weighted by atomic mass is 9.99. The topological polar surface area (TPSA) is 237 Å². The van der Waals surface area contributed by atoms with E-state index >= 15 is 0 Å². The van der Waals surface area contributed by atoms with Gasteiger partial charge in [-0.2, -0.15) is 0 Å². The highest BCUT2D eigenvalue weighted by Gasteiger charge is 2.30. The van der Waals surface area contributed by atoms with Crippen molar-refractivity contribution in [3.05, 3.63) is 0 Å². The molecule has 0 aliphatic heterocycles. The van der Waals surface area contributed by atoms with Crippen molar-refractivity contribution in [3.8, 4) is 0 Å². The molecule has 4 unspecified atom stereocenters. The number of unbranched alkanes of at least 4 members (excludes halogenated alkanes) is 40. The fourth-order valence-electron chi connectivity index (χ4n) is 12.0. The van der Waals surface area contributed by atoms with Crippen LogP contribution in [-0.4, -0.2) is 96.7 Å². The number of rotatable bonds is 76. The van der Waals surface area contributed by atoms with Crippen LogP contribution in [0.15, 0.2) is 0 Å². The molecule has 0 aliphatic carbocycles. The Bertz CT molecular complexity index is 1920. The molecule has 0 aromatic carbocycles. The van der Waals surface area contributed by atoms with Crippen LogP contribution in [0.2, 0.25) is 0 Å². The second kappa shape index (κ2) is 68.2. The number of hydrogen-bond acceptors (Lipinski definition) is 15. The number of carbonyl (C=O) groups is 4. The predicted molar refractivity (Wildman–Crippen MR) is 400 cm³/mol. The normalized spacial score (nSPS) is 14.6. The van der Waals surface area contributed by atoms with Crippen molar-refractivity contribution in [2.45, 2.75) is 420 Å². The van der Waals surface area contributed by atoms with Gasteiger partial charge in [0.05, 0.1) is 26.4 Å². The van der Waals surface area contributed by atoms with Crippen LogP contribution in [-0.2, 0) is 65.4 Å². The molecule has 17 nitrogen and oxygen atoms in total. The molecule has 0 heterocycles. The van der Waals surface area contributed by atoms with E-state index in [0.29, 0.717) is 25.7 Å². The fraction of sp³-hybridized carbons (Fsp3) is 0.949. The zero-order valence-corrected chi connectivity index (χ0v) is 66.2. The molecule has 0 bridgehead atoms. The zero-order chi connectivity index (χ0) is 72.4. The van der Waals surface area contributed by atoms with Crippen LogP contribution in [0.3, 0.4) is 0 Å². The summed E-state index contributed by atoms with van der Waals surface area (Å²) in [5, 5.41) is 10.6. The maximum absolute atomic E-state index is 13.1. The van der Waals surface area contributed by atoms with Crippen molar-refractivity contribution in [1.82, 2.24) is 0 Å². The number of esters is 4. The van der Waals surface area contributed by atoms with Gasteiger partial charge in [-0.3, -0.25) is 37.3 Å². The smallest absolute Gasteiger partial charge is 0.462 e. The zero-order valence-electron chi connectivity index (χ0n) is 64.4.